The molecule has 3 nitrogen and oxygen atoms in total. The van der Waals surface area contributed by atoms with Gasteiger partial charge in [-0.05, 0) is 74.5 Å². The van der Waals surface area contributed by atoms with Crippen molar-refractivity contribution in [1.82, 2.24) is 0 Å². The first kappa shape index (κ1) is 15.2. The first-order valence-electron chi connectivity index (χ1n) is 9.27. The lowest BCUT2D eigenvalue weighted by Gasteiger charge is -2.58. The maximum atomic E-state index is 10.5. The summed E-state index contributed by atoms with van der Waals surface area (Å²) < 4.78 is 0. The fourth-order valence-corrected chi connectivity index (χ4v) is 6.79. The monoisotopic (exact) mass is 305 g/mol. The standard InChI is InChI=1S/C19H31NO2/c1-18-8-7-16-14(15(18)4-5-17(18)22)3-2-12-10-13(21)6-9-19(12,16)11-20/h2,13-17,21-22H,3-11,20H2,1H3/t13?,14-,15-,16+,17?,18-,19+/m0/s1. The number of fused-ring (bicyclic) bond motifs is 5. The van der Waals surface area contributed by atoms with Gasteiger partial charge in [0.05, 0.1) is 12.2 Å². The molecule has 4 aliphatic carbocycles. The van der Waals surface area contributed by atoms with Crippen LogP contribution in [0.2, 0.25) is 0 Å². The van der Waals surface area contributed by atoms with Crippen molar-refractivity contribution >= 4 is 0 Å². The Morgan fingerprint density at radius 2 is 1.95 bits per heavy atom. The van der Waals surface area contributed by atoms with E-state index in [0.717, 1.165) is 45.1 Å². The number of aliphatic hydroxyl groups excluding tert-OH is 2. The Hall–Kier alpha value is -0.380. The molecule has 3 fully saturated rings. The third-order valence-electron chi connectivity index (χ3n) is 8.12. The van der Waals surface area contributed by atoms with E-state index < -0.39 is 0 Å². The lowest BCUT2D eigenvalue weighted by atomic mass is 9.47. The van der Waals surface area contributed by atoms with Crippen LogP contribution in [-0.2, 0) is 0 Å². The smallest absolute Gasteiger partial charge is 0.0596 e. The third-order valence-corrected chi connectivity index (χ3v) is 8.12. The highest BCUT2D eigenvalue weighted by Gasteiger charge is 2.59. The van der Waals surface area contributed by atoms with Crippen molar-refractivity contribution in [3.05, 3.63) is 11.6 Å². The molecule has 124 valence electrons. The Balaban J connectivity index is 1.70. The van der Waals surface area contributed by atoms with Crippen LogP contribution in [0.15, 0.2) is 11.6 Å². The van der Waals surface area contributed by atoms with E-state index in [4.69, 9.17) is 5.73 Å². The van der Waals surface area contributed by atoms with Crippen LogP contribution in [0.5, 0.6) is 0 Å². The molecule has 4 N–H and O–H groups in total. The zero-order valence-electron chi connectivity index (χ0n) is 13.8. The van der Waals surface area contributed by atoms with Gasteiger partial charge in [-0.3, -0.25) is 0 Å². The van der Waals surface area contributed by atoms with Gasteiger partial charge in [0.2, 0.25) is 0 Å². The van der Waals surface area contributed by atoms with Gasteiger partial charge in [0.1, 0.15) is 0 Å². The number of allylic oxidation sites excluding steroid dienone is 1. The second-order valence-corrected chi connectivity index (χ2v) is 8.74. The third kappa shape index (κ3) is 1.85. The lowest BCUT2D eigenvalue weighted by molar-refractivity contribution is -0.0734. The van der Waals surface area contributed by atoms with Gasteiger partial charge in [-0.1, -0.05) is 18.6 Å². The molecular weight excluding hydrogens is 274 g/mol. The minimum atomic E-state index is -0.162. The molecule has 4 rings (SSSR count). The molecule has 22 heavy (non-hydrogen) atoms. The largest absolute Gasteiger partial charge is 0.393 e. The van der Waals surface area contributed by atoms with E-state index in [-0.39, 0.29) is 23.0 Å². The predicted molar refractivity (Wildman–Crippen MR) is 87.1 cm³/mol. The van der Waals surface area contributed by atoms with Gasteiger partial charge in [-0.15, -0.1) is 0 Å². The molecule has 3 saturated carbocycles. The first-order chi connectivity index (χ1) is 10.5. The highest BCUT2D eigenvalue weighted by atomic mass is 16.3. The summed E-state index contributed by atoms with van der Waals surface area (Å²) >= 11 is 0. The van der Waals surface area contributed by atoms with Crippen LogP contribution in [0.3, 0.4) is 0 Å². The molecule has 0 heterocycles. The molecular formula is C19H31NO2. The molecule has 0 aromatic rings. The SMILES string of the molecule is C[C@]12CC[C@@H]3[C@@H](CC=C4CC(O)CC[C@@]43CN)[C@@H]1CCC2O. The molecule has 0 spiro atoms. The van der Waals surface area contributed by atoms with Crippen LogP contribution in [0.1, 0.15) is 58.3 Å². The number of aliphatic hydroxyl groups is 2. The van der Waals surface area contributed by atoms with Crippen molar-refractivity contribution in [2.45, 2.75) is 70.5 Å². The van der Waals surface area contributed by atoms with Crippen LogP contribution in [-0.4, -0.2) is 29.0 Å². The molecule has 0 aromatic heterocycles. The minimum absolute atomic E-state index is 0.106. The molecule has 0 amide bonds. The number of nitrogens with two attached hydrogens (primary N) is 1. The Morgan fingerprint density at radius 1 is 1.14 bits per heavy atom. The maximum absolute atomic E-state index is 10.5. The summed E-state index contributed by atoms with van der Waals surface area (Å²) in [4.78, 5) is 0. The molecule has 0 bridgehead atoms. The molecule has 0 aromatic carbocycles. The van der Waals surface area contributed by atoms with Gasteiger partial charge in [0, 0.05) is 12.0 Å². The van der Waals surface area contributed by atoms with E-state index in [1.807, 2.05) is 0 Å². The average molecular weight is 305 g/mol. The van der Waals surface area contributed by atoms with Gasteiger partial charge >= 0.3 is 0 Å². The second kappa shape index (κ2) is 5.06. The van der Waals surface area contributed by atoms with E-state index in [9.17, 15) is 10.2 Å². The summed E-state index contributed by atoms with van der Waals surface area (Å²) in [7, 11) is 0. The summed E-state index contributed by atoms with van der Waals surface area (Å²) in [6.07, 6.45) is 10.6. The van der Waals surface area contributed by atoms with Gasteiger partial charge in [0.25, 0.3) is 0 Å². The molecule has 0 saturated heterocycles. The predicted octanol–water partition coefficient (Wildman–Crippen LogP) is 2.61. The van der Waals surface area contributed by atoms with E-state index in [1.165, 1.54) is 18.4 Å². The molecule has 0 aliphatic heterocycles. The molecule has 2 unspecified atom stereocenters. The van der Waals surface area contributed by atoms with Crippen LogP contribution < -0.4 is 5.73 Å². The summed E-state index contributed by atoms with van der Waals surface area (Å²) in [6, 6.07) is 0. The average Bonchev–Trinajstić information content (AvgIpc) is 2.82. The molecule has 0 radical (unpaired) electrons. The molecule has 7 atom stereocenters. The van der Waals surface area contributed by atoms with E-state index in [1.54, 1.807) is 0 Å². The van der Waals surface area contributed by atoms with Gasteiger partial charge in [-0.25, -0.2) is 0 Å². The van der Waals surface area contributed by atoms with Crippen LogP contribution in [0.25, 0.3) is 0 Å². The fourth-order valence-electron chi connectivity index (χ4n) is 6.79. The fraction of sp³-hybridized carbons (Fsp3) is 0.895. The van der Waals surface area contributed by atoms with Crippen LogP contribution >= 0.6 is 0 Å². The minimum Gasteiger partial charge on any atom is -0.393 e. The van der Waals surface area contributed by atoms with Crippen molar-refractivity contribution in [2.75, 3.05) is 6.54 Å². The van der Waals surface area contributed by atoms with Crippen molar-refractivity contribution in [2.24, 2.45) is 34.3 Å². The van der Waals surface area contributed by atoms with Crippen molar-refractivity contribution < 1.29 is 10.2 Å². The first-order valence-corrected chi connectivity index (χ1v) is 9.27. The van der Waals surface area contributed by atoms with Crippen molar-refractivity contribution in [1.29, 1.82) is 0 Å². The van der Waals surface area contributed by atoms with Gasteiger partial charge in [0.15, 0.2) is 0 Å². The summed E-state index contributed by atoms with van der Waals surface area (Å²) in [6.45, 7) is 3.06. The van der Waals surface area contributed by atoms with Crippen molar-refractivity contribution in [3.8, 4) is 0 Å². The Morgan fingerprint density at radius 3 is 2.73 bits per heavy atom. The van der Waals surface area contributed by atoms with Gasteiger partial charge < -0.3 is 15.9 Å². The van der Waals surface area contributed by atoms with E-state index >= 15 is 0 Å². The van der Waals surface area contributed by atoms with Crippen molar-refractivity contribution in [3.63, 3.8) is 0 Å². The quantitative estimate of drug-likeness (QED) is 0.652. The Bertz CT molecular complexity index is 490. The topological polar surface area (TPSA) is 66.5 Å². The zero-order chi connectivity index (χ0) is 15.5. The summed E-state index contributed by atoms with van der Waals surface area (Å²) in [5, 5.41) is 20.6. The van der Waals surface area contributed by atoms with E-state index in [0.29, 0.717) is 17.8 Å². The lowest BCUT2D eigenvalue weighted by Crippen LogP contribution is -2.54. The highest BCUT2D eigenvalue weighted by Crippen LogP contribution is 2.64. The Labute approximate surface area is 134 Å². The van der Waals surface area contributed by atoms with Gasteiger partial charge in [-0.2, -0.15) is 0 Å². The molecule has 3 heteroatoms. The second-order valence-electron chi connectivity index (χ2n) is 8.74. The Kier molecular flexibility index (Phi) is 3.49. The number of hydrogen-bond donors (Lipinski definition) is 3. The summed E-state index contributed by atoms with van der Waals surface area (Å²) in [5.41, 5.74) is 8.07. The number of rotatable bonds is 1. The number of hydrogen-bond acceptors (Lipinski definition) is 3. The zero-order valence-corrected chi connectivity index (χ0v) is 13.8. The normalized spacial score (nSPS) is 54.2. The summed E-state index contributed by atoms with van der Waals surface area (Å²) in [5.74, 6) is 2.03. The maximum Gasteiger partial charge on any atom is 0.0596 e. The molecule has 4 aliphatic rings. The highest BCUT2D eigenvalue weighted by molar-refractivity contribution is 5.27. The van der Waals surface area contributed by atoms with Crippen LogP contribution in [0, 0.1) is 28.6 Å². The van der Waals surface area contributed by atoms with E-state index in [2.05, 4.69) is 13.0 Å². The van der Waals surface area contributed by atoms with Crippen LogP contribution in [0.4, 0.5) is 0 Å².